The second-order valence-electron chi connectivity index (χ2n) is 6.10. The number of nitrogens with zero attached hydrogens (tertiary/aromatic N) is 2. The Hall–Kier alpha value is -1.50. The van der Waals surface area contributed by atoms with Crippen LogP contribution in [0.3, 0.4) is 0 Å². The van der Waals surface area contributed by atoms with Crippen LogP contribution in [0.2, 0.25) is 0 Å². The molecule has 7 heteroatoms. The zero-order valence-electron chi connectivity index (χ0n) is 14.9. The summed E-state index contributed by atoms with van der Waals surface area (Å²) in [6.45, 7) is 9.25. The van der Waals surface area contributed by atoms with E-state index in [1.807, 2.05) is 0 Å². The molecule has 2 N–H and O–H groups in total. The molecule has 1 aliphatic rings. The van der Waals surface area contributed by atoms with E-state index in [2.05, 4.69) is 36.4 Å². The fourth-order valence-electron chi connectivity index (χ4n) is 2.54. The van der Waals surface area contributed by atoms with E-state index >= 15 is 0 Å². The minimum absolute atomic E-state index is 0.118. The molecule has 1 heterocycles. The summed E-state index contributed by atoms with van der Waals surface area (Å²) in [5.41, 5.74) is 0. The van der Waals surface area contributed by atoms with Gasteiger partial charge in [-0.05, 0) is 40.2 Å². The number of hydrogen-bond donors (Lipinski definition) is 2. The van der Waals surface area contributed by atoms with Crippen LogP contribution in [0.5, 0.6) is 0 Å². The molecule has 7 nitrogen and oxygen atoms in total. The van der Waals surface area contributed by atoms with E-state index in [1.165, 1.54) is 0 Å². The summed E-state index contributed by atoms with van der Waals surface area (Å²) in [5, 5.41) is 5.88. The number of carbonyl (C=O) groups excluding carboxylic acids is 2. The second-order valence-corrected chi connectivity index (χ2v) is 6.10. The fourth-order valence-corrected chi connectivity index (χ4v) is 2.54. The number of ether oxygens (including phenoxy) is 1. The van der Waals surface area contributed by atoms with Crippen molar-refractivity contribution in [2.24, 2.45) is 0 Å². The van der Waals surface area contributed by atoms with Gasteiger partial charge in [-0.25, -0.2) is 9.59 Å². The van der Waals surface area contributed by atoms with Crippen LogP contribution in [-0.2, 0) is 4.74 Å². The van der Waals surface area contributed by atoms with E-state index in [-0.39, 0.29) is 18.2 Å². The highest BCUT2D eigenvalue weighted by Gasteiger charge is 2.24. The van der Waals surface area contributed by atoms with Crippen molar-refractivity contribution in [3.63, 3.8) is 0 Å². The van der Waals surface area contributed by atoms with Crippen molar-refractivity contribution < 1.29 is 14.3 Å². The zero-order valence-corrected chi connectivity index (χ0v) is 14.9. The van der Waals surface area contributed by atoms with Gasteiger partial charge < -0.3 is 25.2 Å². The Morgan fingerprint density at radius 1 is 1.30 bits per heavy atom. The lowest BCUT2D eigenvalue weighted by atomic mass is 10.1. The monoisotopic (exact) mass is 328 g/mol. The highest BCUT2D eigenvalue weighted by atomic mass is 16.6. The van der Waals surface area contributed by atoms with E-state index in [9.17, 15) is 9.59 Å². The van der Waals surface area contributed by atoms with Gasteiger partial charge in [-0.2, -0.15) is 0 Å². The van der Waals surface area contributed by atoms with Gasteiger partial charge in [-0.3, -0.25) is 0 Å². The van der Waals surface area contributed by atoms with E-state index in [0.717, 1.165) is 25.8 Å². The molecule has 0 spiro atoms. The lowest BCUT2D eigenvalue weighted by Crippen LogP contribution is -2.50. The number of likely N-dealkylation sites (tertiary alicyclic amines) is 1. The molecular formula is C16H32N4O3. The molecule has 0 radical (unpaired) electrons. The molecule has 0 aromatic carbocycles. The van der Waals surface area contributed by atoms with Crippen LogP contribution in [0.4, 0.5) is 9.59 Å². The molecule has 3 amide bonds. The number of likely N-dealkylation sites (N-methyl/N-ethyl adjacent to an activating group) is 1. The molecular weight excluding hydrogens is 296 g/mol. The Bertz CT molecular complexity index is 370. The molecule has 1 aliphatic heterocycles. The van der Waals surface area contributed by atoms with Crippen LogP contribution in [-0.4, -0.2) is 73.8 Å². The number of amides is 3. The van der Waals surface area contributed by atoms with Crippen molar-refractivity contribution in [2.75, 3.05) is 39.8 Å². The first-order chi connectivity index (χ1) is 11.0. The lowest BCUT2D eigenvalue weighted by molar-refractivity contribution is 0.0957. The largest absolute Gasteiger partial charge is 0.450 e. The smallest absolute Gasteiger partial charge is 0.409 e. The van der Waals surface area contributed by atoms with Crippen molar-refractivity contribution in [1.29, 1.82) is 0 Å². The number of piperidine rings is 1. The van der Waals surface area contributed by atoms with Crippen molar-refractivity contribution in [1.82, 2.24) is 20.4 Å². The van der Waals surface area contributed by atoms with Gasteiger partial charge in [0, 0.05) is 38.3 Å². The third-order valence-corrected chi connectivity index (χ3v) is 4.45. The van der Waals surface area contributed by atoms with E-state index in [4.69, 9.17) is 4.74 Å². The van der Waals surface area contributed by atoms with Gasteiger partial charge in [0.05, 0.1) is 6.61 Å². The first-order valence-electron chi connectivity index (χ1n) is 8.64. The van der Waals surface area contributed by atoms with Gasteiger partial charge in [0.2, 0.25) is 0 Å². The molecule has 1 atom stereocenters. The van der Waals surface area contributed by atoms with Crippen molar-refractivity contribution in [2.45, 2.75) is 52.1 Å². The number of rotatable bonds is 7. The molecule has 1 rings (SSSR count). The molecule has 134 valence electrons. The molecule has 0 saturated carbocycles. The predicted octanol–water partition coefficient (Wildman–Crippen LogP) is 1.64. The Morgan fingerprint density at radius 2 is 1.96 bits per heavy atom. The number of hydrogen-bond acceptors (Lipinski definition) is 4. The molecule has 0 bridgehead atoms. The van der Waals surface area contributed by atoms with Gasteiger partial charge in [0.25, 0.3) is 0 Å². The molecule has 1 fully saturated rings. The average Bonchev–Trinajstić information content (AvgIpc) is 2.54. The SMILES string of the molecule is CCOC(=O)N1CCC(NC(=O)NCCN(C)C(C)CC)CC1. The maximum absolute atomic E-state index is 11.9. The molecule has 0 aromatic rings. The van der Waals surface area contributed by atoms with Crippen LogP contribution in [0.25, 0.3) is 0 Å². The summed E-state index contributed by atoms with van der Waals surface area (Å²) in [4.78, 5) is 27.4. The summed E-state index contributed by atoms with van der Waals surface area (Å²) in [5.74, 6) is 0. The van der Waals surface area contributed by atoms with Crippen LogP contribution in [0.1, 0.15) is 40.0 Å². The second kappa shape index (κ2) is 10.3. The van der Waals surface area contributed by atoms with Crippen LogP contribution in [0, 0.1) is 0 Å². The summed E-state index contributed by atoms with van der Waals surface area (Å²) >= 11 is 0. The molecule has 23 heavy (non-hydrogen) atoms. The molecule has 0 aliphatic carbocycles. The highest BCUT2D eigenvalue weighted by Crippen LogP contribution is 2.11. The number of urea groups is 1. The third-order valence-electron chi connectivity index (χ3n) is 4.45. The fraction of sp³-hybridized carbons (Fsp3) is 0.875. The van der Waals surface area contributed by atoms with Crippen LogP contribution in [0.15, 0.2) is 0 Å². The topological polar surface area (TPSA) is 73.9 Å². The van der Waals surface area contributed by atoms with E-state index in [1.54, 1.807) is 11.8 Å². The Balaban J connectivity index is 2.18. The van der Waals surface area contributed by atoms with Gasteiger partial charge in [0.1, 0.15) is 0 Å². The highest BCUT2D eigenvalue weighted by molar-refractivity contribution is 5.74. The van der Waals surface area contributed by atoms with Gasteiger partial charge >= 0.3 is 12.1 Å². The van der Waals surface area contributed by atoms with Gasteiger partial charge in [-0.1, -0.05) is 6.92 Å². The van der Waals surface area contributed by atoms with Crippen molar-refractivity contribution in [3.05, 3.63) is 0 Å². The Morgan fingerprint density at radius 3 is 2.52 bits per heavy atom. The van der Waals surface area contributed by atoms with Crippen molar-refractivity contribution >= 4 is 12.1 Å². The standard InChI is InChI=1S/C16H32N4O3/c1-5-13(3)19(4)12-9-17-15(21)18-14-7-10-20(11-8-14)16(22)23-6-2/h13-14H,5-12H2,1-4H3,(H2,17,18,21). The average molecular weight is 328 g/mol. The lowest BCUT2D eigenvalue weighted by Gasteiger charge is -2.31. The summed E-state index contributed by atoms with van der Waals surface area (Å²) in [6.07, 6.45) is 2.36. The van der Waals surface area contributed by atoms with E-state index < -0.39 is 0 Å². The van der Waals surface area contributed by atoms with Crippen LogP contribution < -0.4 is 10.6 Å². The number of nitrogens with one attached hydrogen (secondary N) is 2. The van der Waals surface area contributed by atoms with Crippen LogP contribution >= 0.6 is 0 Å². The third kappa shape index (κ3) is 7.07. The minimum atomic E-state index is -0.261. The van der Waals surface area contributed by atoms with E-state index in [0.29, 0.717) is 32.3 Å². The Labute approximate surface area is 139 Å². The quantitative estimate of drug-likeness (QED) is 0.745. The molecule has 0 aromatic heterocycles. The number of carbonyl (C=O) groups is 2. The molecule has 1 unspecified atom stereocenters. The molecule has 1 saturated heterocycles. The maximum Gasteiger partial charge on any atom is 0.409 e. The first kappa shape index (κ1) is 19.5. The first-order valence-corrected chi connectivity index (χ1v) is 8.64. The van der Waals surface area contributed by atoms with Gasteiger partial charge in [0.15, 0.2) is 0 Å². The minimum Gasteiger partial charge on any atom is -0.450 e. The zero-order chi connectivity index (χ0) is 17.2. The summed E-state index contributed by atoms with van der Waals surface area (Å²) < 4.78 is 4.98. The Kier molecular flexibility index (Phi) is 8.76. The maximum atomic E-state index is 11.9. The summed E-state index contributed by atoms with van der Waals surface area (Å²) in [7, 11) is 2.07. The van der Waals surface area contributed by atoms with Gasteiger partial charge in [-0.15, -0.1) is 0 Å². The summed E-state index contributed by atoms with van der Waals surface area (Å²) in [6, 6.07) is 0.511. The van der Waals surface area contributed by atoms with Crippen molar-refractivity contribution in [3.8, 4) is 0 Å². The predicted molar refractivity (Wildman–Crippen MR) is 90.5 cm³/mol. The normalized spacial score (nSPS) is 17.0.